The van der Waals surface area contributed by atoms with Gasteiger partial charge in [-0.1, -0.05) is 11.8 Å². The van der Waals surface area contributed by atoms with Crippen LogP contribution in [0.25, 0.3) is 11.0 Å². The van der Waals surface area contributed by atoms with Gasteiger partial charge in [-0.05, 0) is 4.31 Å². The smallest absolute Gasteiger partial charge is 0.390 e. The van der Waals surface area contributed by atoms with Gasteiger partial charge >= 0.3 is 23.9 Å². The lowest BCUT2D eigenvalue weighted by molar-refractivity contribution is -0.157. The Morgan fingerprint density at radius 1 is 1.32 bits per heavy atom. The molecule has 34 heavy (non-hydrogen) atoms. The molecule has 1 saturated heterocycles. The summed E-state index contributed by atoms with van der Waals surface area (Å²) in [5, 5.41) is 18.9. The van der Waals surface area contributed by atoms with E-state index in [1.165, 1.54) is 6.33 Å². The van der Waals surface area contributed by atoms with Gasteiger partial charge in [0.15, 0.2) is 0 Å². The molecule has 1 fully saturated rings. The number of aliphatic hydroxyl groups is 1. The van der Waals surface area contributed by atoms with E-state index in [-0.39, 0.29) is 18.8 Å². The summed E-state index contributed by atoms with van der Waals surface area (Å²) >= 11 is 0. The van der Waals surface area contributed by atoms with Crippen molar-refractivity contribution >= 4 is 40.8 Å². The number of nitrogen functional groups attached to an aromatic ring is 1. The second kappa shape index (κ2) is 10.8. The minimum absolute atomic E-state index is 0.0479. The number of ether oxygens (including phenoxy) is 1. The molecular formula is C14H19N5O12P3+. The molecule has 3 unspecified atom stereocenters. The van der Waals surface area contributed by atoms with Gasteiger partial charge in [0.2, 0.25) is 0 Å². The molecule has 0 bridgehead atoms. The Balaban J connectivity index is 1.68. The zero-order chi connectivity index (χ0) is 25.1. The molecule has 1 aliphatic rings. The van der Waals surface area contributed by atoms with Crippen molar-refractivity contribution in [3.8, 4) is 11.8 Å². The second-order valence-electron chi connectivity index (χ2n) is 6.55. The van der Waals surface area contributed by atoms with Gasteiger partial charge in [-0.2, -0.15) is 4.31 Å². The molecule has 0 spiro atoms. The summed E-state index contributed by atoms with van der Waals surface area (Å²) < 4.78 is 57.0. The Kier molecular flexibility index (Phi) is 8.51. The lowest BCUT2D eigenvalue weighted by Gasteiger charge is -2.14. The van der Waals surface area contributed by atoms with Crippen molar-refractivity contribution in [2.75, 3.05) is 18.9 Å². The third-order valence-electron chi connectivity index (χ3n) is 4.30. The summed E-state index contributed by atoms with van der Waals surface area (Å²) in [5.74, 6) is 5.73. The van der Waals surface area contributed by atoms with Gasteiger partial charge in [0.05, 0.1) is 23.6 Å². The first-order valence-corrected chi connectivity index (χ1v) is 13.2. The molecule has 20 heteroatoms. The van der Waals surface area contributed by atoms with Crippen LogP contribution in [0.2, 0.25) is 0 Å². The number of anilines is 1. The Morgan fingerprint density at radius 2 is 2.06 bits per heavy atom. The van der Waals surface area contributed by atoms with Crippen molar-refractivity contribution in [3.63, 3.8) is 0 Å². The number of nitrogens with zero attached hydrogens (tertiary/aromatic N) is 3. The summed E-state index contributed by atoms with van der Waals surface area (Å²) in [6.07, 6.45) is -0.0792. The predicted octanol–water partition coefficient (Wildman–Crippen LogP) is 0.370. The van der Waals surface area contributed by atoms with Crippen LogP contribution in [0.5, 0.6) is 0 Å². The molecule has 0 saturated carbocycles. The van der Waals surface area contributed by atoms with E-state index in [2.05, 4.69) is 35.1 Å². The Hall–Kier alpha value is -1.86. The lowest BCUT2D eigenvalue weighted by Crippen LogP contribution is -2.25. The fraction of sp³-hybridized carbons (Fsp3) is 0.429. The highest BCUT2D eigenvalue weighted by Gasteiger charge is 2.46. The number of fused-ring (bicyclic) bond motifs is 1. The molecule has 2 aromatic rings. The molecule has 1 aliphatic heterocycles. The van der Waals surface area contributed by atoms with E-state index in [0.717, 1.165) is 0 Å². The van der Waals surface area contributed by atoms with Crippen LogP contribution in [0, 0.1) is 11.8 Å². The first-order chi connectivity index (χ1) is 16.0. The molecule has 3 rings (SSSR count). The molecule has 0 radical (unpaired) electrons. The number of hydrogen-bond donors (Lipinski definition) is 6. The van der Waals surface area contributed by atoms with Gasteiger partial charge in [0, 0.05) is 17.2 Å². The van der Waals surface area contributed by atoms with Gasteiger partial charge in [0.1, 0.15) is 36.7 Å². The Morgan fingerprint density at radius 3 is 2.74 bits per heavy atom. The number of aliphatic hydroxyl groups excluding tert-OH is 1. The van der Waals surface area contributed by atoms with Crippen LogP contribution in [-0.4, -0.2) is 60.0 Å². The molecule has 2 aromatic heterocycles. The Labute approximate surface area is 191 Å². The fourth-order valence-electron chi connectivity index (χ4n) is 3.01. The fourth-order valence-corrected chi connectivity index (χ4v) is 5.69. The van der Waals surface area contributed by atoms with Crippen LogP contribution in [0.3, 0.4) is 0 Å². The maximum absolute atomic E-state index is 11.8. The van der Waals surface area contributed by atoms with Gasteiger partial charge in [-0.15, -0.1) is 9.20 Å². The topological polar surface area (TPSA) is 261 Å². The number of hydrogen-bond acceptors (Lipinski definition) is 14. The molecule has 0 aromatic carbocycles. The van der Waals surface area contributed by atoms with E-state index in [0.29, 0.717) is 16.6 Å². The van der Waals surface area contributed by atoms with Gasteiger partial charge in [0.25, 0.3) is 0 Å². The maximum atomic E-state index is 11.8. The summed E-state index contributed by atoms with van der Waals surface area (Å²) in [5.41, 5.74) is 12.2. The zero-order valence-corrected chi connectivity index (χ0v) is 19.6. The first kappa shape index (κ1) is 26.7. The zero-order valence-electron chi connectivity index (χ0n) is 16.9. The van der Waals surface area contributed by atoms with Crippen LogP contribution in [0.15, 0.2) is 12.5 Å². The van der Waals surface area contributed by atoms with Crippen LogP contribution < -0.4 is 11.5 Å². The van der Waals surface area contributed by atoms with Crippen LogP contribution in [0.1, 0.15) is 18.2 Å². The SMILES string of the molecule is NCC#Cc1cn([C@@H]2C[C@H](O)[C@@H](CO[P+](=O)OP(=O)(O)OP(=O)(O)OO)O2)c2ncnc(N)c12. The normalized spacial score (nSPS) is 24.3. The van der Waals surface area contributed by atoms with Crippen molar-refractivity contribution in [2.45, 2.75) is 24.9 Å². The highest BCUT2D eigenvalue weighted by atomic mass is 31.3. The number of phosphoric acid groups is 2. The summed E-state index contributed by atoms with van der Waals surface area (Å²) in [6.45, 7) is -0.469. The summed E-state index contributed by atoms with van der Waals surface area (Å²) in [7, 11) is -14.2. The molecule has 6 atom stereocenters. The van der Waals surface area contributed by atoms with E-state index >= 15 is 0 Å². The molecule has 0 aliphatic carbocycles. The van der Waals surface area contributed by atoms with Crippen LogP contribution in [0.4, 0.5) is 5.82 Å². The van der Waals surface area contributed by atoms with E-state index in [4.69, 9.17) is 30.9 Å². The molecule has 8 N–H and O–H groups in total. The average Bonchev–Trinajstić information content (AvgIpc) is 3.30. The molecule has 17 nitrogen and oxygen atoms in total. The van der Waals surface area contributed by atoms with Crippen molar-refractivity contribution in [1.82, 2.24) is 14.5 Å². The van der Waals surface area contributed by atoms with E-state index < -0.39 is 48.9 Å². The van der Waals surface area contributed by atoms with Crippen LogP contribution >= 0.6 is 23.9 Å². The summed E-state index contributed by atoms with van der Waals surface area (Å²) in [6, 6.07) is 0. The highest BCUT2D eigenvalue weighted by Crippen LogP contribution is 2.63. The molecular weight excluding hydrogens is 523 g/mol. The van der Waals surface area contributed by atoms with Crippen molar-refractivity contribution in [1.29, 1.82) is 0 Å². The minimum Gasteiger partial charge on any atom is -0.390 e. The number of aromatic nitrogens is 3. The minimum atomic E-state index is -5.42. The van der Waals surface area contributed by atoms with Gasteiger partial charge in [-0.3, -0.25) is 4.89 Å². The Bertz CT molecular complexity index is 1230. The predicted molar refractivity (Wildman–Crippen MR) is 111 cm³/mol. The van der Waals surface area contributed by atoms with Crippen LogP contribution in [-0.2, 0) is 36.3 Å². The molecule has 186 valence electrons. The van der Waals surface area contributed by atoms with Crippen molar-refractivity contribution in [2.24, 2.45) is 5.73 Å². The molecule has 0 amide bonds. The van der Waals surface area contributed by atoms with E-state index in [1.54, 1.807) is 10.8 Å². The van der Waals surface area contributed by atoms with Gasteiger partial charge in [-0.25, -0.2) is 24.4 Å². The average molecular weight is 542 g/mol. The summed E-state index contributed by atoms with van der Waals surface area (Å²) in [4.78, 5) is 26.2. The second-order valence-corrected chi connectivity index (χ2v) is 10.6. The lowest BCUT2D eigenvalue weighted by atomic mass is 10.2. The van der Waals surface area contributed by atoms with E-state index in [9.17, 15) is 23.7 Å². The quantitative estimate of drug-likeness (QED) is 0.108. The third kappa shape index (κ3) is 6.42. The highest BCUT2D eigenvalue weighted by molar-refractivity contribution is 7.64. The molecule has 3 heterocycles. The van der Waals surface area contributed by atoms with Crippen molar-refractivity contribution < 1.29 is 56.4 Å². The largest absolute Gasteiger partial charge is 0.708 e. The first-order valence-electron chi connectivity index (χ1n) is 9.09. The number of nitrogens with two attached hydrogens (primary N) is 2. The third-order valence-corrected chi connectivity index (χ3v) is 7.88. The maximum Gasteiger partial charge on any atom is 0.708 e. The number of rotatable bonds is 9. The van der Waals surface area contributed by atoms with Gasteiger partial charge < -0.3 is 30.8 Å². The van der Waals surface area contributed by atoms with E-state index in [1.807, 2.05) is 0 Å². The van der Waals surface area contributed by atoms with Crippen molar-refractivity contribution in [3.05, 3.63) is 18.1 Å². The standard InChI is InChI=1S/C14H18N5O12P3/c15-3-1-2-8-5-19(14-12(8)13(16)17-7-18-14)11-4-9(20)10(28-11)6-27-32(22)30-34(25,26)31-33(23,24)29-21/h5,7,9-11,20H,3-4,6,15H2,(H4-,16,17,18,21,23,24,25,26)/p+1/t9-,10+,11-/m0/s1. The monoisotopic (exact) mass is 542 g/mol.